The first kappa shape index (κ1) is 10.8. The van der Waals surface area contributed by atoms with Gasteiger partial charge >= 0.3 is 6.18 Å². The lowest BCUT2D eigenvalue weighted by Crippen LogP contribution is -2.21. The van der Waals surface area contributed by atoms with Crippen LogP contribution < -0.4 is 5.56 Å². The maximum Gasteiger partial charge on any atom is 0.421 e. The lowest BCUT2D eigenvalue weighted by Gasteiger charge is -2.06. The van der Waals surface area contributed by atoms with E-state index in [1.807, 2.05) is 0 Å². The van der Waals surface area contributed by atoms with Crippen molar-refractivity contribution in [2.24, 2.45) is 0 Å². The zero-order valence-corrected chi connectivity index (χ0v) is 7.48. The van der Waals surface area contributed by atoms with Crippen molar-refractivity contribution in [2.75, 3.05) is 0 Å². The van der Waals surface area contributed by atoms with E-state index >= 15 is 0 Å². The molecule has 14 heavy (non-hydrogen) atoms. The highest BCUT2D eigenvalue weighted by Crippen LogP contribution is 2.26. The molecule has 0 atom stereocenters. The number of halogens is 3. The number of hydrogen-bond acceptors (Lipinski definition) is 1. The molecular formula is C9H9F3NO. The molecule has 0 saturated carbocycles. The van der Waals surface area contributed by atoms with Gasteiger partial charge in [0.2, 0.25) is 0 Å². The van der Waals surface area contributed by atoms with E-state index in [1.54, 1.807) is 13.3 Å². The van der Waals surface area contributed by atoms with E-state index in [2.05, 4.69) is 4.98 Å². The molecule has 0 aliphatic heterocycles. The van der Waals surface area contributed by atoms with Gasteiger partial charge in [0.05, 0.1) is 0 Å². The Morgan fingerprint density at radius 3 is 2.64 bits per heavy atom. The van der Waals surface area contributed by atoms with Crippen molar-refractivity contribution in [3.8, 4) is 0 Å². The fraction of sp³-hybridized carbons (Fsp3) is 0.333. The first-order chi connectivity index (χ1) is 6.45. The Morgan fingerprint density at radius 2 is 2.14 bits per heavy atom. The van der Waals surface area contributed by atoms with Gasteiger partial charge in [-0.25, -0.2) is 0 Å². The van der Waals surface area contributed by atoms with Crippen LogP contribution >= 0.6 is 0 Å². The first-order valence-electron chi connectivity index (χ1n) is 4.01. The number of H-pyrrole nitrogens is 1. The summed E-state index contributed by atoms with van der Waals surface area (Å²) in [5.41, 5.74) is -1.80. The second-order valence-electron chi connectivity index (χ2n) is 2.86. The number of pyridine rings is 1. The number of alkyl halides is 3. The van der Waals surface area contributed by atoms with Gasteiger partial charge in [0, 0.05) is 6.20 Å². The molecule has 0 aliphatic rings. The molecule has 77 valence electrons. The smallest absolute Gasteiger partial charge is 0.328 e. The summed E-state index contributed by atoms with van der Waals surface area (Å²) in [6, 6.07) is 0.874. The van der Waals surface area contributed by atoms with E-state index in [-0.39, 0.29) is 0 Å². The zero-order valence-electron chi connectivity index (χ0n) is 7.48. The van der Waals surface area contributed by atoms with Gasteiger partial charge in [-0.1, -0.05) is 6.92 Å². The van der Waals surface area contributed by atoms with Crippen molar-refractivity contribution in [1.82, 2.24) is 4.98 Å². The highest BCUT2D eigenvalue weighted by atomic mass is 19.4. The fourth-order valence-electron chi connectivity index (χ4n) is 1.09. The molecule has 0 bridgehead atoms. The van der Waals surface area contributed by atoms with Crippen molar-refractivity contribution in [2.45, 2.75) is 19.5 Å². The summed E-state index contributed by atoms with van der Waals surface area (Å²) in [4.78, 5) is 12.9. The van der Waals surface area contributed by atoms with Crippen LogP contribution in [0.4, 0.5) is 13.2 Å². The van der Waals surface area contributed by atoms with E-state index in [9.17, 15) is 18.0 Å². The second-order valence-corrected chi connectivity index (χ2v) is 2.86. The lowest BCUT2D eigenvalue weighted by molar-refractivity contribution is -0.138. The fourth-order valence-corrected chi connectivity index (χ4v) is 1.09. The number of aromatic nitrogens is 1. The SMILES string of the molecule is C[CH]Cc1c[nH]c(=O)c(C(F)(F)F)c1. The van der Waals surface area contributed by atoms with Crippen LogP contribution in [0.15, 0.2) is 17.1 Å². The van der Waals surface area contributed by atoms with Crippen LogP contribution in [0.1, 0.15) is 18.1 Å². The van der Waals surface area contributed by atoms with Gasteiger partial charge in [-0.05, 0) is 24.5 Å². The summed E-state index contributed by atoms with van der Waals surface area (Å²) >= 11 is 0. The number of rotatable bonds is 2. The van der Waals surface area contributed by atoms with Gasteiger partial charge in [-0.3, -0.25) is 4.79 Å². The Hall–Kier alpha value is -1.26. The highest BCUT2D eigenvalue weighted by Gasteiger charge is 2.33. The minimum Gasteiger partial charge on any atom is -0.328 e. The minimum absolute atomic E-state index is 0.403. The van der Waals surface area contributed by atoms with Gasteiger partial charge in [-0.2, -0.15) is 13.2 Å². The average molecular weight is 204 g/mol. The van der Waals surface area contributed by atoms with Gasteiger partial charge < -0.3 is 4.98 Å². The summed E-state index contributed by atoms with van der Waals surface area (Å²) < 4.78 is 36.7. The Bertz CT molecular complexity index is 367. The minimum atomic E-state index is -4.59. The second kappa shape index (κ2) is 3.86. The van der Waals surface area contributed by atoms with Crippen molar-refractivity contribution in [1.29, 1.82) is 0 Å². The largest absolute Gasteiger partial charge is 0.421 e. The van der Waals surface area contributed by atoms with Gasteiger partial charge in [-0.15, -0.1) is 0 Å². The van der Waals surface area contributed by atoms with Crippen LogP contribution in [0.3, 0.4) is 0 Å². The Balaban J connectivity index is 3.15. The maximum atomic E-state index is 12.2. The number of hydrogen-bond donors (Lipinski definition) is 1. The molecule has 2 nitrogen and oxygen atoms in total. The van der Waals surface area contributed by atoms with E-state index in [0.29, 0.717) is 12.0 Å². The van der Waals surface area contributed by atoms with Gasteiger partial charge in [0.25, 0.3) is 5.56 Å². The predicted molar refractivity (Wildman–Crippen MR) is 45.7 cm³/mol. The molecule has 1 aromatic heterocycles. The number of nitrogens with one attached hydrogen (secondary N) is 1. The monoisotopic (exact) mass is 204 g/mol. The molecule has 0 aliphatic carbocycles. The van der Waals surface area contributed by atoms with Crippen LogP contribution in [-0.2, 0) is 12.6 Å². The Morgan fingerprint density at radius 1 is 1.50 bits per heavy atom. The molecule has 1 rings (SSSR count). The van der Waals surface area contributed by atoms with Crippen LogP contribution in [0.25, 0.3) is 0 Å². The average Bonchev–Trinajstić information content (AvgIpc) is 2.07. The van der Waals surface area contributed by atoms with E-state index in [4.69, 9.17) is 0 Å². The van der Waals surface area contributed by atoms with E-state index < -0.39 is 17.3 Å². The van der Waals surface area contributed by atoms with Crippen molar-refractivity contribution in [3.63, 3.8) is 0 Å². The van der Waals surface area contributed by atoms with Gasteiger partial charge in [0.1, 0.15) is 5.56 Å². The molecule has 1 radical (unpaired) electrons. The molecule has 1 heterocycles. The molecule has 0 spiro atoms. The molecule has 0 aromatic carbocycles. The summed E-state index contributed by atoms with van der Waals surface area (Å²) in [6.07, 6.45) is -1.18. The Kier molecular flexibility index (Phi) is 2.98. The summed E-state index contributed by atoms with van der Waals surface area (Å²) in [5.74, 6) is 0. The molecule has 0 amide bonds. The Labute approximate surface area is 78.8 Å². The van der Waals surface area contributed by atoms with E-state index in [0.717, 1.165) is 6.07 Å². The topological polar surface area (TPSA) is 32.9 Å². The van der Waals surface area contributed by atoms with E-state index in [1.165, 1.54) is 6.20 Å². The molecule has 1 aromatic rings. The molecule has 5 heteroatoms. The normalized spacial score (nSPS) is 11.7. The first-order valence-corrected chi connectivity index (χ1v) is 4.01. The maximum absolute atomic E-state index is 12.2. The van der Waals surface area contributed by atoms with Crippen molar-refractivity contribution >= 4 is 0 Å². The quantitative estimate of drug-likeness (QED) is 0.786. The molecule has 1 N–H and O–H groups in total. The third-order valence-electron chi connectivity index (χ3n) is 1.71. The molecule has 0 unspecified atom stereocenters. The molecular weight excluding hydrogens is 195 g/mol. The molecule has 0 fully saturated rings. The molecule has 0 saturated heterocycles. The van der Waals surface area contributed by atoms with Crippen LogP contribution in [0.2, 0.25) is 0 Å². The lowest BCUT2D eigenvalue weighted by atomic mass is 10.1. The third-order valence-corrected chi connectivity index (χ3v) is 1.71. The van der Waals surface area contributed by atoms with Crippen molar-refractivity contribution in [3.05, 3.63) is 40.2 Å². The standard InChI is InChI=1S/C9H9F3NO/c1-2-3-6-4-7(9(10,11)12)8(14)13-5-6/h2,4-5H,3H2,1H3,(H,13,14). The van der Waals surface area contributed by atoms with Crippen LogP contribution in [0, 0.1) is 6.42 Å². The predicted octanol–water partition coefficient (Wildman–Crippen LogP) is 2.16. The summed E-state index contributed by atoms with van der Waals surface area (Å²) in [7, 11) is 0. The highest BCUT2D eigenvalue weighted by molar-refractivity contribution is 5.21. The zero-order chi connectivity index (χ0) is 10.8. The van der Waals surface area contributed by atoms with Crippen molar-refractivity contribution < 1.29 is 13.2 Å². The third kappa shape index (κ3) is 2.37. The van der Waals surface area contributed by atoms with Crippen LogP contribution in [0.5, 0.6) is 0 Å². The summed E-state index contributed by atoms with van der Waals surface area (Å²) in [6.45, 7) is 1.73. The summed E-state index contributed by atoms with van der Waals surface area (Å²) in [5, 5.41) is 0. The van der Waals surface area contributed by atoms with Gasteiger partial charge in [0.15, 0.2) is 0 Å². The number of aromatic amines is 1. The van der Waals surface area contributed by atoms with Crippen LogP contribution in [-0.4, -0.2) is 4.98 Å².